The molecule has 0 aliphatic carbocycles. The first-order valence-corrected chi connectivity index (χ1v) is 15.8. The molecule has 5 N–H and O–H groups in total. The number of aromatic nitrogens is 2. The maximum atomic E-state index is 13.1. The molecule has 1 saturated heterocycles. The third-order valence-corrected chi connectivity index (χ3v) is 8.57. The predicted molar refractivity (Wildman–Crippen MR) is 182 cm³/mol. The summed E-state index contributed by atoms with van der Waals surface area (Å²) >= 11 is 7.00. The molecule has 1 unspecified atom stereocenters. The van der Waals surface area contributed by atoms with Gasteiger partial charge in [0.05, 0.1) is 31.0 Å². The van der Waals surface area contributed by atoms with Crippen molar-refractivity contribution in [3.63, 3.8) is 0 Å². The van der Waals surface area contributed by atoms with Crippen LogP contribution in [0.4, 0.5) is 10.5 Å². The second-order valence-corrected chi connectivity index (χ2v) is 11.8. The standard InChI is InChI=1S/C35H37ClN6O6/c1-21-26(4-3-5-28(21)41-34(45)29-10-6-22(17-39-29)20-42(14-15-43)35(46)47)27-12-13-38-33(32(27)36)23-7-8-24(30(16-23)48-2)18-37-19-25-9-11-31(44)40-25/h3-8,10,12-13,16-17,25,37,43H,9,11,14-15,18-20H2,1-2H3,(H,40,44)(H,41,45)(H,46,47). The van der Waals surface area contributed by atoms with Crippen LogP contribution in [0, 0.1) is 6.92 Å². The summed E-state index contributed by atoms with van der Waals surface area (Å²) in [5.74, 6) is 0.347. The molecule has 0 saturated carbocycles. The number of rotatable bonds is 13. The summed E-state index contributed by atoms with van der Waals surface area (Å²) in [6, 6.07) is 16.5. The van der Waals surface area contributed by atoms with Gasteiger partial charge in [-0.15, -0.1) is 0 Å². The van der Waals surface area contributed by atoms with Crippen molar-refractivity contribution < 1.29 is 29.3 Å². The van der Waals surface area contributed by atoms with Crippen LogP contribution in [0.15, 0.2) is 67.0 Å². The van der Waals surface area contributed by atoms with Gasteiger partial charge in [0.15, 0.2) is 0 Å². The summed E-state index contributed by atoms with van der Waals surface area (Å²) in [4.78, 5) is 45.8. The lowest BCUT2D eigenvalue weighted by atomic mass is 9.97. The molecule has 1 aliphatic heterocycles. The number of halogens is 1. The van der Waals surface area contributed by atoms with Gasteiger partial charge in [-0.25, -0.2) is 4.79 Å². The average Bonchev–Trinajstić information content (AvgIpc) is 3.50. The molecule has 2 aromatic carbocycles. The highest BCUT2D eigenvalue weighted by molar-refractivity contribution is 6.35. The number of carboxylic acid groups (broad SMARTS) is 1. The maximum absolute atomic E-state index is 13.1. The van der Waals surface area contributed by atoms with Gasteiger partial charge in [-0.05, 0) is 54.3 Å². The van der Waals surface area contributed by atoms with Gasteiger partial charge in [0.1, 0.15) is 11.4 Å². The van der Waals surface area contributed by atoms with Crippen LogP contribution in [0.3, 0.4) is 0 Å². The van der Waals surface area contributed by atoms with Crippen molar-refractivity contribution in [1.29, 1.82) is 0 Å². The molecule has 0 bridgehead atoms. The first kappa shape index (κ1) is 34.3. The summed E-state index contributed by atoms with van der Waals surface area (Å²) in [6.45, 7) is 2.85. The molecule has 1 fully saturated rings. The number of carbonyl (C=O) groups excluding carboxylic acids is 2. The van der Waals surface area contributed by atoms with Gasteiger partial charge >= 0.3 is 6.09 Å². The van der Waals surface area contributed by atoms with Crippen LogP contribution in [0.25, 0.3) is 22.4 Å². The van der Waals surface area contributed by atoms with E-state index in [1.54, 1.807) is 25.4 Å². The lowest BCUT2D eigenvalue weighted by molar-refractivity contribution is -0.119. The minimum Gasteiger partial charge on any atom is -0.496 e. The highest BCUT2D eigenvalue weighted by Gasteiger charge is 2.21. The topological polar surface area (TPSA) is 166 Å². The van der Waals surface area contributed by atoms with Gasteiger partial charge in [0, 0.05) is 66.9 Å². The van der Waals surface area contributed by atoms with Crippen molar-refractivity contribution in [2.45, 2.75) is 38.9 Å². The molecule has 48 heavy (non-hydrogen) atoms. The van der Waals surface area contributed by atoms with Crippen molar-refractivity contribution in [3.8, 4) is 28.1 Å². The zero-order valence-electron chi connectivity index (χ0n) is 26.6. The molecule has 250 valence electrons. The Morgan fingerprint density at radius 3 is 2.65 bits per heavy atom. The highest BCUT2D eigenvalue weighted by atomic mass is 35.5. The minimum absolute atomic E-state index is 0.0293. The van der Waals surface area contributed by atoms with Crippen LogP contribution in [-0.2, 0) is 17.9 Å². The lowest BCUT2D eigenvalue weighted by Crippen LogP contribution is -2.35. The summed E-state index contributed by atoms with van der Waals surface area (Å²) in [5, 5.41) is 28.1. The Morgan fingerprint density at radius 2 is 1.96 bits per heavy atom. The van der Waals surface area contributed by atoms with Crippen LogP contribution in [0.5, 0.6) is 5.75 Å². The molecular formula is C35H37ClN6O6. The van der Waals surface area contributed by atoms with Crippen molar-refractivity contribution in [2.24, 2.45) is 0 Å². The number of methoxy groups -OCH3 is 1. The number of ether oxygens (including phenoxy) is 1. The zero-order chi connectivity index (χ0) is 34.2. The van der Waals surface area contributed by atoms with Crippen LogP contribution >= 0.6 is 11.6 Å². The van der Waals surface area contributed by atoms with Gasteiger partial charge in [-0.2, -0.15) is 0 Å². The Bertz CT molecular complexity index is 1800. The van der Waals surface area contributed by atoms with Crippen LogP contribution < -0.4 is 20.7 Å². The number of benzene rings is 2. The molecule has 0 radical (unpaired) electrons. The second kappa shape index (κ2) is 15.7. The third-order valence-electron chi connectivity index (χ3n) is 8.18. The molecular weight excluding hydrogens is 636 g/mol. The molecule has 3 heterocycles. The molecule has 12 nitrogen and oxygen atoms in total. The van der Waals surface area contributed by atoms with Crippen LogP contribution in [0.2, 0.25) is 5.02 Å². The molecule has 4 aromatic rings. The summed E-state index contributed by atoms with van der Waals surface area (Å²) in [5.41, 5.74) is 6.00. The molecule has 2 aromatic heterocycles. The van der Waals surface area contributed by atoms with E-state index in [4.69, 9.17) is 21.4 Å². The van der Waals surface area contributed by atoms with Gasteiger partial charge in [0.25, 0.3) is 5.91 Å². The Labute approximate surface area is 283 Å². The Balaban J connectivity index is 1.31. The monoisotopic (exact) mass is 672 g/mol. The Kier molecular flexibility index (Phi) is 11.2. The second-order valence-electron chi connectivity index (χ2n) is 11.4. The van der Waals surface area contributed by atoms with E-state index in [0.29, 0.717) is 47.2 Å². The number of hydrogen-bond acceptors (Lipinski definition) is 8. The summed E-state index contributed by atoms with van der Waals surface area (Å²) < 4.78 is 5.69. The predicted octanol–water partition coefficient (Wildman–Crippen LogP) is 4.87. The number of aliphatic hydroxyl groups is 1. The largest absolute Gasteiger partial charge is 0.496 e. The number of amides is 3. The average molecular weight is 673 g/mol. The summed E-state index contributed by atoms with van der Waals surface area (Å²) in [6.07, 6.45) is 3.37. The minimum atomic E-state index is -1.16. The van der Waals surface area contributed by atoms with E-state index in [0.717, 1.165) is 39.1 Å². The summed E-state index contributed by atoms with van der Waals surface area (Å²) in [7, 11) is 1.62. The first-order chi connectivity index (χ1) is 23.2. The number of carbonyl (C=O) groups is 3. The number of nitrogens with one attached hydrogen (secondary N) is 3. The number of anilines is 1. The Hall–Kier alpha value is -5.04. The third kappa shape index (κ3) is 8.08. The van der Waals surface area contributed by atoms with E-state index in [9.17, 15) is 19.5 Å². The van der Waals surface area contributed by atoms with E-state index >= 15 is 0 Å². The lowest BCUT2D eigenvalue weighted by Gasteiger charge is -2.18. The number of nitrogens with zero attached hydrogens (tertiary/aromatic N) is 3. The van der Waals surface area contributed by atoms with Crippen molar-refractivity contribution in [3.05, 3.63) is 94.4 Å². The fourth-order valence-corrected chi connectivity index (χ4v) is 5.91. The molecule has 1 atom stereocenters. The SMILES string of the molecule is COc1cc(-c2nccc(-c3cccc(NC(=O)c4ccc(CN(CCO)C(=O)O)cn4)c3C)c2Cl)ccc1CNCC1CCC(=O)N1. The van der Waals surface area contributed by atoms with Crippen molar-refractivity contribution >= 4 is 35.2 Å². The molecule has 1 aliphatic rings. The number of aliphatic hydroxyl groups excluding tert-OH is 1. The normalized spacial score (nSPS) is 14.0. The Morgan fingerprint density at radius 1 is 1.12 bits per heavy atom. The fraction of sp³-hybridized carbons (Fsp3) is 0.286. The maximum Gasteiger partial charge on any atom is 0.407 e. The van der Waals surface area contributed by atoms with E-state index in [1.807, 2.05) is 43.3 Å². The van der Waals surface area contributed by atoms with E-state index in [1.165, 1.54) is 12.3 Å². The van der Waals surface area contributed by atoms with Gasteiger partial charge in [-0.3, -0.25) is 19.6 Å². The fourth-order valence-electron chi connectivity index (χ4n) is 5.59. The van der Waals surface area contributed by atoms with Crippen molar-refractivity contribution in [2.75, 3.05) is 32.1 Å². The zero-order valence-corrected chi connectivity index (χ0v) is 27.4. The molecule has 3 amide bonds. The molecule has 0 spiro atoms. The first-order valence-electron chi connectivity index (χ1n) is 15.4. The quantitative estimate of drug-likeness (QED) is 0.133. The van der Waals surface area contributed by atoms with Crippen LogP contribution in [0.1, 0.15) is 40.0 Å². The number of pyridine rings is 2. The molecule has 13 heteroatoms. The highest BCUT2D eigenvalue weighted by Crippen LogP contribution is 2.39. The molecule has 5 rings (SSSR count). The smallest absolute Gasteiger partial charge is 0.407 e. The van der Waals surface area contributed by atoms with Crippen LogP contribution in [-0.4, -0.2) is 75.8 Å². The van der Waals surface area contributed by atoms with E-state index in [2.05, 4.69) is 25.9 Å². The van der Waals surface area contributed by atoms with Gasteiger partial charge < -0.3 is 35.8 Å². The van der Waals surface area contributed by atoms with Gasteiger partial charge in [-0.1, -0.05) is 41.9 Å². The van der Waals surface area contributed by atoms with E-state index < -0.39 is 12.0 Å². The van der Waals surface area contributed by atoms with Gasteiger partial charge in [0.2, 0.25) is 5.91 Å². The van der Waals surface area contributed by atoms with E-state index in [-0.39, 0.29) is 37.3 Å². The number of hydrogen-bond donors (Lipinski definition) is 5. The van der Waals surface area contributed by atoms with Crippen molar-refractivity contribution in [1.82, 2.24) is 25.5 Å².